The van der Waals surface area contributed by atoms with Crippen molar-refractivity contribution in [1.82, 2.24) is 19.9 Å². The van der Waals surface area contributed by atoms with Crippen LogP contribution in [0.1, 0.15) is 59.9 Å². The molecule has 1 spiro atoms. The zero-order chi connectivity index (χ0) is 32.1. The summed E-state index contributed by atoms with van der Waals surface area (Å²) in [6.07, 6.45) is 3.86. The zero-order valence-corrected chi connectivity index (χ0v) is 27.8. The van der Waals surface area contributed by atoms with Crippen LogP contribution in [0.15, 0.2) is 18.3 Å². The SMILES string of the molecule is CCN(c1nc(OCC2(CN3CCOCC3)CC2)nc(N2CC3(C2)SCc2sc(N)c(C#N)c23)c1C#N)[C@H](C)c1cccnc1N. The highest BCUT2D eigenvalue weighted by molar-refractivity contribution is 8.00. The Balaban J connectivity index is 1.22. The second-order valence-electron chi connectivity index (χ2n) is 12.6. The molecule has 12 nitrogen and oxygen atoms in total. The Morgan fingerprint density at radius 3 is 2.59 bits per heavy atom. The number of anilines is 4. The van der Waals surface area contributed by atoms with Crippen molar-refractivity contribution in [3.05, 3.63) is 45.5 Å². The number of morpholine rings is 1. The number of nitrogens with two attached hydrogens (primary N) is 2. The normalized spacial score (nSPS) is 20.0. The summed E-state index contributed by atoms with van der Waals surface area (Å²) in [5.74, 6) is 2.33. The second-order valence-corrected chi connectivity index (χ2v) is 15.1. The maximum atomic E-state index is 10.6. The van der Waals surface area contributed by atoms with Gasteiger partial charge in [0.05, 0.1) is 36.2 Å². The molecule has 4 aliphatic rings. The molecule has 1 aliphatic carbocycles. The van der Waals surface area contributed by atoms with Crippen molar-refractivity contribution in [1.29, 1.82) is 10.5 Å². The van der Waals surface area contributed by atoms with E-state index in [9.17, 15) is 10.5 Å². The van der Waals surface area contributed by atoms with Crippen molar-refractivity contribution in [2.45, 2.75) is 43.2 Å². The van der Waals surface area contributed by atoms with Crippen LogP contribution in [-0.4, -0.2) is 78.9 Å². The highest BCUT2D eigenvalue weighted by atomic mass is 32.2. The number of fused-ring (bicyclic) bond motifs is 2. The maximum Gasteiger partial charge on any atom is 0.320 e. The van der Waals surface area contributed by atoms with E-state index in [-0.39, 0.29) is 22.2 Å². The molecule has 6 heterocycles. The standard InChI is InChI=1S/C32H38N10O2S2/c1-3-42(20(2)21-5-4-8-37-26(21)35)29-23(14-34)28(41-17-32(18-41)25-22(13-33)27(36)46-24(25)15-45-32)38-30(39-29)44-19-31(6-7-31)16-40-9-11-43-12-10-40/h4-5,8,20H,3,6-7,9-12,15-19,36H2,1-2H3,(H2,35,37)/t20-/m1/s1. The number of pyridine rings is 1. The molecule has 0 aromatic carbocycles. The van der Waals surface area contributed by atoms with Crippen molar-refractivity contribution in [2.24, 2.45) is 5.41 Å². The fraction of sp³-hybridized carbons (Fsp3) is 0.531. The molecule has 1 atom stereocenters. The third-order valence-corrected chi connectivity index (χ3v) is 12.4. The van der Waals surface area contributed by atoms with Crippen LogP contribution >= 0.6 is 23.1 Å². The zero-order valence-electron chi connectivity index (χ0n) is 26.2. The molecule has 0 amide bonds. The molecule has 2 saturated heterocycles. The van der Waals surface area contributed by atoms with Crippen LogP contribution in [0.4, 0.5) is 22.5 Å². The van der Waals surface area contributed by atoms with E-state index in [0.717, 1.165) is 62.6 Å². The summed E-state index contributed by atoms with van der Waals surface area (Å²) in [6.45, 7) is 10.7. The maximum absolute atomic E-state index is 10.6. The van der Waals surface area contributed by atoms with Gasteiger partial charge in [0.15, 0.2) is 11.6 Å². The van der Waals surface area contributed by atoms with Gasteiger partial charge in [0.1, 0.15) is 28.5 Å². The Kier molecular flexibility index (Phi) is 8.09. The molecular formula is C32H38N10O2S2. The van der Waals surface area contributed by atoms with E-state index in [1.165, 1.54) is 16.2 Å². The molecule has 0 radical (unpaired) electrons. The number of hydrogen-bond acceptors (Lipinski definition) is 14. The molecule has 3 fully saturated rings. The van der Waals surface area contributed by atoms with Crippen molar-refractivity contribution >= 4 is 45.6 Å². The van der Waals surface area contributed by atoms with E-state index < -0.39 is 0 Å². The van der Waals surface area contributed by atoms with E-state index in [4.69, 9.17) is 30.9 Å². The van der Waals surface area contributed by atoms with Gasteiger partial charge in [-0.1, -0.05) is 6.07 Å². The average molecular weight is 659 g/mol. The van der Waals surface area contributed by atoms with Crippen LogP contribution in [0.5, 0.6) is 6.01 Å². The van der Waals surface area contributed by atoms with Gasteiger partial charge in [-0.15, -0.1) is 23.1 Å². The molecule has 1 saturated carbocycles. The summed E-state index contributed by atoms with van der Waals surface area (Å²) >= 11 is 3.35. The first kappa shape index (κ1) is 30.8. The molecule has 46 heavy (non-hydrogen) atoms. The van der Waals surface area contributed by atoms with Crippen LogP contribution in [-0.2, 0) is 15.2 Å². The summed E-state index contributed by atoms with van der Waals surface area (Å²) in [5, 5.41) is 21.1. The largest absolute Gasteiger partial charge is 0.463 e. The minimum Gasteiger partial charge on any atom is -0.463 e. The van der Waals surface area contributed by atoms with Gasteiger partial charge in [0.2, 0.25) is 0 Å². The number of nitrogens with zero attached hydrogens (tertiary/aromatic N) is 8. The van der Waals surface area contributed by atoms with Gasteiger partial charge in [-0.25, -0.2) is 4.98 Å². The van der Waals surface area contributed by atoms with Crippen LogP contribution in [0, 0.1) is 28.1 Å². The van der Waals surface area contributed by atoms with Crippen molar-refractivity contribution in [3.8, 4) is 18.1 Å². The first-order valence-corrected chi connectivity index (χ1v) is 17.5. The van der Waals surface area contributed by atoms with Crippen LogP contribution < -0.4 is 26.0 Å². The van der Waals surface area contributed by atoms with Gasteiger partial charge in [-0.05, 0) is 32.8 Å². The second kappa shape index (κ2) is 12.1. The number of rotatable bonds is 10. The quantitative estimate of drug-likeness (QED) is 0.322. The topological polar surface area (TPSA) is 166 Å². The number of nitrogen functional groups attached to an aromatic ring is 2. The van der Waals surface area contributed by atoms with Crippen molar-refractivity contribution in [3.63, 3.8) is 0 Å². The molecule has 4 N–H and O–H groups in total. The lowest BCUT2D eigenvalue weighted by Gasteiger charge is -2.49. The number of ether oxygens (including phenoxy) is 2. The lowest BCUT2D eigenvalue weighted by molar-refractivity contribution is 0.0231. The van der Waals surface area contributed by atoms with Crippen molar-refractivity contribution < 1.29 is 9.47 Å². The summed E-state index contributed by atoms with van der Waals surface area (Å²) < 4.78 is 11.7. The molecular weight excluding hydrogens is 621 g/mol. The third kappa shape index (κ3) is 5.37. The fourth-order valence-corrected chi connectivity index (χ4v) is 9.80. The smallest absolute Gasteiger partial charge is 0.320 e. The average Bonchev–Trinajstić information content (AvgIpc) is 3.59. The summed E-state index contributed by atoms with van der Waals surface area (Å²) in [4.78, 5) is 21.9. The highest BCUT2D eigenvalue weighted by Crippen LogP contribution is 2.58. The molecule has 14 heteroatoms. The predicted molar refractivity (Wildman–Crippen MR) is 180 cm³/mol. The summed E-state index contributed by atoms with van der Waals surface area (Å²) in [5.41, 5.74) is 15.5. The van der Waals surface area contributed by atoms with Gasteiger partial charge < -0.3 is 30.7 Å². The van der Waals surface area contributed by atoms with E-state index in [1.807, 2.05) is 37.7 Å². The third-order valence-electron chi connectivity index (χ3n) is 9.74. The fourth-order valence-electron chi connectivity index (χ4n) is 6.99. The molecule has 240 valence electrons. The Hall–Kier alpha value is -3.82. The van der Waals surface area contributed by atoms with E-state index >= 15 is 0 Å². The van der Waals surface area contributed by atoms with E-state index in [2.05, 4.69) is 31.8 Å². The number of aromatic nitrogens is 3. The number of thioether (sulfide) groups is 1. The molecule has 7 rings (SSSR count). The number of nitriles is 2. The van der Waals surface area contributed by atoms with Crippen LogP contribution in [0.2, 0.25) is 0 Å². The Morgan fingerprint density at radius 1 is 1.15 bits per heavy atom. The molecule has 3 aliphatic heterocycles. The van der Waals surface area contributed by atoms with Gasteiger partial charge in [-0.3, -0.25) is 4.90 Å². The molecule has 3 aromatic heterocycles. The Labute approximate surface area is 277 Å². The minimum atomic E-state index is -0.258. The van der Waals surface area contributed by atoms with Gasteiger partial charge in [-0.2, -0.15) is 20.5 Å². The predicted octanol–water partition coefficient (Wildman–Crippen LogP) is 3.88. The minimum absolute atomic E-state index is 0.0705. The van der Waals surface area contributed by atoms with Crippen LogP contribution in [0.25, 0.3) is 0 Å². The first-order chi connectivity index (χ1) is 22.3. The summed E-state index contributed by atoms with van der Waals surface area (Å²) in [7, 11) is 0. The number of thiophene rings is 1. The Morgan fingerprint density at radius 2 is 1.91 bits per heavy atom. The Bertz CT molecular complexity index is 1720. The number of hydrogen-bond donors (Lipinski definition) is 2. The highest BCUT2D eigenvalue weighted by Gasteiger charge is 2.53. The van der Waals surface area contributed by atoms with E-state index in [0.29, 0.717) is 59.8 Å². The lowest BCUT2D eigenvalue weighted by Crippen LogP contribution is -2.57. The van der Waals surface area contributed by atoms with Gasteiger partial charge >= 0.3 is 6.01 Å². The van der Waals surface area contributed by atoms with Crippen LogP contribution in [0.3, 0.4) is 0 Å². The molecule has 0 unspecified atom stereocenters. The monoisotopic (exact) mass is 658 g/mol. The van der Waals surface area contributed by atoms with Gasteiger partial charge in [0.25, 0.3) is 0 Å². The summed E-state index contributed by atoms with van der Waals surface area (Å²) in [6, 6.07) is 8.65. The lowest BCUT2D eigenvalue weighted by atomic mass is 9.88. The van der Waals surface area contributed by atoms with Crippen molar-refractivity contribution in [2.75, 3.05) is 80.4 Å². The molecule has 3 aromatic rings. The molecule has 0 bridgehead atoms. The first-order valence-electron chi connectivity index (χ1n) is 15.7. The van der Waals surface area contributed by atoms with Gasteiger partial charge in [0, 0.05) is 72.6 Å². The van der Waals surface area contributed by atoms with E-state index in [1.54, 1.807) is 6.20 Å².